The lowest BCUT2D eigenvalue weighted by atomic mass is 10.2. The van der Waals surface area contributed by atoms with Gasteiger partial charge in [0.1, 0.15) is 0 Å². The third-order valence-electron chi connectivity index (χ3n) is 4.66. The number of rotatable bonds is 6. The van der Waals surface area contributed by atoms with Crippen LogP contribution in [0.1, 0.15) is 16.1 Å². The Morgan fingerprint density at radius 2 is 1.79 bits per heavy atom. The van der Waals surface area contributed by atoms with Gasteiger partial charge in [0.05, 0.1) is 30.6 Å². The molecule has 2 heterocycles. The van der Waals surface area contributed by atoms with E-state index in [0.717, 1.165) is 0 Å². The Morgan fingerprint density at radius 1 is 1.11 bits per heavy atom. The second-order valence-electron chi connectivity index (χ2n) is 6.58. The summed E-state index contributed by atoms with van der Waals surface area (Å²) in [6.07, 6.45) is 1.40. The number of pyridine rings is 1. The van der Waals surface area contributed by atoms with Crippen molar-refractivity contribution in [2.45, 2.75) is 6.54 Å². The van der Waals surface area contributed by atoms with E-state index in [0.29, 0.717) is 43.1 Å². The van der Waals surface area contributed by atoms with Gasteiger partial charge in [0, 0.05) is 32.4 Å². The standard InChI is InChI=1S/C19H24N4O4S/c1-21-10-12-22(13-11-21)28(25,26)23(18-6-4-3-5-7-18)15-17-9-8-16(14-20-17)19(24)27-2/h3-9,14H,10-13,15H2,1-2H3. The molecule has 0 amide bonds. The second kappa shape index (κ2) is 8.68. The van der Waals surface area contributed by atoms with Crippen LogP contribution in [0.3, 0.4) is 0 Å². The number of hydrogen-bond acceptors (Lipinski definition) is 6. The van der Waals surface area contributed by atoms with Crippen LogP contribution in [0.2, 0.25) is 0 Å². The first kappa shape index (κ1) is 20.2. The third kappa shape index (κ3) is 4.49. The zero-order valence-corrected chi connectivity index (χ0v) is 16.8. The minimum absolute atomic E-state index is 0.0696. The van der Waals surface area contributed by atoms with Gasteiger partial charge in [-0.25, -0.2) is 4.79 Å². The largest absolute Gasteiger partial charge is 0.465 e. The summed E-state index contributed by atoms with van der Waals surface area (Å²) in [5.41, 5.74) is 1.42. The second-order valence-corrected chi connectivity index (χ2v) is 8.43. The number of para-hydroxylation sites is 1. The fourth-order valence-electron chi connectivity index (χ4n) is 2.96. The van der Waals surface area contributed by atoms with E-state index >= 15 is 0 Å². The van der Waals surface area contributed by atoms with E-state index in [9.17, 15) is 13.2 Å². The van der Waals surface area contributed by atoms with Crippen LogP contribution in [0.5, 0.6) is 0 Å². The lowest BCUT2D eigenvalue weighted by molar-refractivity contribution is 0.0600. The van der Waals surface area contributed by atoms with Crippen molar-refractivity contribution in [3.05, 3.63) is 59.9 Å². The van der Waals surface area contributed by atoms with Crippen molar-refractivity contribution >= 4 is 21.9 Å². The number of carbonyl (C=O) groups is 1. The van der Waals surface area contributed by atoms with Gasteiger partial charge in [-0.2, -0.15) is 12.7 Å². The maximum absolute atomic E-state index is 13.4. The number of nitrogens with zero attached hydrogens (tertiary/aromatic N) is 4. The zero-order valence-electron chi connectivity index (χ0n) is 16.0. The maximum Gasteiger partial charge on any atom is 0.339 e. The first-order valence-electron chi connectivity index (χ1n) is 8.96. The summed E-state index contributed by atoms with van der Waals surface area (Å²) in [6.45, 7) is 2.33. The highest BCUT2D eigenvalue weighted by molar-refractivity contribution is 7.90. The van der Waals surface area contributed by atoms with E-state index in [-0.39, 0.29) is 6.54 Å². The zero-order chi connectivity index (χ0) is 20.1. The molecular formula is C19H24N4O4S. The average Bonchev–Trinajstić information content (AvgIpc) is 2.72. The number of anilines is 1. The van der Waals surface area contributed by atoms with Gasteiger partial charge in [0.25, 0.3) is 0 Å². The minimum Gasteiger partial charge on any atom is -0.465 e. The van der Waals surface area contributed by atoms with Crippen LogP contribution < -0.4 is 4.31 Å². The van der Waals surface area contributed by atoms with E-state index < -0.39 is 16.2 Å². The molecule has 1 aromatic heterocycles. The molecule has 0 N–H and O–H groups in total. The van der Waals surface area contributed by atoms with Crippen molar-refractivity contribution < 1.29 is 17.9 Å². The molecule has 0 spiro atoms. The number of likely N-dealkylation sites (N-methyl/N-ethyl adjacent to an activating group) is 1. The van der Waals surface area contributed by atoms with Gasteiger partial charge < -0.3 is 9.64 Å². The van der Waals surface area contributed by atoms with Crippen LogP contribution >= 0.6 is 0 Å². The van der Waals surface area contributed by atoms with Gasteiger partial charge >= 0.3 is 16.2 Å². The fourth-order valence-corrected chi connectivity index (χ4v) is 4.55. The van der Waals surface area contributed by atoms with Crippen molar-refractivity contribution in [3.63, 3.8) is 0 Å². The summed E-state index contributed by atoms with van der Waals surface area (Å²) in [5, 5.41) is 0. The molecule has 2 aromatic rings. The van der Waals surface area contributed by atoms with E-state index in [4.69, 9.17) is 0 Å². The molecule has 3 rings (SSSR count). The van der Waals surface area contributed by atoms with Gasteiger partial charge in [-0.05, 0) is 31.3 Å². The van der Waals surface area contributed by atoms with Gasteiger partial charge in [-0.15, -0.1) is 0 Å². The van der Waals surface area contributed by atoms with Crippen LogP contribution in [-0.4, -0.2) is 68.9 Å². The van der Waals surface area contributed by atoms with Crippen molar-refractivity contribution in [1.29, 1.82) is 0 Å². The first-order valence-corrected chi connectivity index (χ1v) is 10.4. The highest BCUT2D eigenvalue weighted by Gasteiger charge is 2.32. The molecule has 1 aromatic carbocycles. The number of hydrogen-bond donors (Lipinski definition) is 0. The number of aromatic nitrogens is 1. The Hall–Kier alpha value is -2.49. The number of methoxy groups -OCH3 is 1. The molecule has 1 aliphatic heterocycles. The molecule has 150 valence electrons. The van der Waals surface area contributed by atoms with Crippen LogP contribution in [0.15, 0.2) is 48.7 Å². The average molecular weight is 404 g/mol. The fraction of sp³-hybridized carbons (Fsp3) is 0.368. The normalized spacial score (nSPS) is 15.9. The summed E-state index contributed by atoms with van der Waals surface area (Å²) in [7, 11) is -0.442. The molecule has 0 aliphatic carbocycles. The summed E-state index contributed by atoms with van der Waals surface area (Å²) in [6, 6.07) is 12.2. The number of piperazine rings is 1. The van der Waals surface area contributed by atoms with E-state index in [2.05, 4.69) is 14.6 Å². The highest BCUT2D eigenvalue weighted by atomic mass is 32.2. The Bertz CT molecular complexity index is 895. The number of esters is 1. The van der Waals surface area contributed by atoms with Crippen molar-refractivity contribution in [2.75, 3.05) is 44.6 Å². The lowest BCUT2D eigenvalue weighted by Gasteiger charge is -2.36. The Balaban J connectivity index is 1.89. The number of ether oxygens (including phenoxy) is 1. The van der Waals surface area contributed by atoms with E-state index in [1.807, 2.05) is 13.1 Å². The number of benzene rings is 1. The predicted molar refractivity (Wildman–Crippen MR) is 106 cm³/mol. The minimum atomic E-state index is -3.72. The summed E-state index contributed by atoms with van der Waals surface area (Å²) < 4.78 is 34.2. The predicted octanol–water partition coefficient (Wildman–Crippen LogP) is 1.37. The van der Waals surface area contributed by atoms with Gasteiger partial charge in [-0.3, -0.25) is 9.29 Å². The smallest absolute Gasteiger partial charge is 0.339 e. The Morgan fingerprint density at radius 3 is 2.36 bits per heavy atom. The quantitative estimate of drug-likeness (QED) is 0.676. The number of carbonyl (C=O) groups excluding carboxylic acids is 1. The van der Waals surface area contributed by atoms with E-state index in [1.54, 1.807) is 36.4 Å². The molecule has 1 saturated heterocycles. The molecule has 0 atom stereocenters. The van der Waals surface area contributed by atoms with Gasteiger partial charge in [0.15, 0.2) is 0 Å². The topological polar surface area (TPSA) is 83.0 Å². The van der Waals surface area contributed by atoms with Crippen LogP contribution in [0.25, 0.3) is 0 Å². The molecule has 0 radical (unpaired) electrons. The van der Waals surface area contributed by atoms with Crippen molar-refractivity contribution in [2.24, 2.45) is 0 Å². The molecule has 0 saturated carbocycles. The summed E-state index contributed by atoms with van der Waals surface area (Å²) in [5.74, 6) is -0.482. The Kier molecular flexibility index (Phi) is 6.28. The molecule has 0 bridgehead atoms. The van der Waals surface area contributed by atoms with Gasteiger partial charge in [0.2, 0.25) is 0 Å². The molecule has 1 fully saturated rings. The summed E-state index contributed by atoms with van der Waals surface area (Å²) in [4.78, 5) is 17.9. The van der Waals surface area contributed by atoms with Crippen LogP contribution in [-0.2, 0) is 21.5 Å². The van der Waals surface area contributed by atoms with E-state index in [1.165, 1.54) is 21.9 Å². The molecule has 0 unspecified atom stereocenters. The van der Waals surface area contributed by atoms with Crippen molar-refractivity contribution in [1.82, 2.24) is 14.2 Å². The van der Waals surface area contributed by atoms with Crippen LogP contribution in [0, 0.1) is 0 Å². The van der Waals surface area contributed by atoms with Crippen LogP contribution in [0.4, 0.5) is 5.69 Å². The molecule has 1 aliphatic rings. The van der Waals surface area contributed by atoms with Crippen molar-refractivity contribution in [3.8, 4) is 0 Å². The maximum atomic E-state index is 13.4. The molecule has 28 heavy (non-hydrogen) atoms. The molecule has 8 nitrogen and oxygen atoms in total. The summed E-state index contributed by atoms with van der Waals surface area (Å²) >= 11 is 0. The Labute approximate surface area is 165 Å². The SMILES string of the molecule is COC(=O)c1ccc(CN(c2ccccc2)S(=O)(=O)N2CCN(C)CC2)nc1. The molecule has 9 heteroatoms. The lowest BCUT2D eigenvalue weighted by Crippen LogP contribution is -2.52. The van der Waals surface area contributed by atoms with Gasteiger partial charge in [-0.1, -0.05) is 18.2 Å². The molecular weight excluding hydrogens is 380 g/mol. The monoisotopic (exact) mass is 404 g/mol. The highest BCUT2D eigenvalue weighted by Crippen LogP contribution is 2.23. The third-order valence-corrected chi connectivity index (χ3v) is 6.58. The first-order chi connectivity index (χ1) is 13.4.